The van der Waals surface area contributed by atoms with Crippen LogP contribution >= 0.6 is 0 Å². The first-order valence-corrected chi connectivity index (χ1v) is 7.75. The zero-order valence-corrected chi connectivity index (χ0v) is 12.0. The lowest BCUT2D eigenvalue weighted by molar-refractivity contribution is 0.0789. The summed E-state index contributed by atoms with van der Waals surface area (Å²) in [6.07, 6.45) is 10.9. The molecule has 1 aliphatic carbocycles. The quantitative estimate of drug-likeness (QED) is 0.837. The molecule has 2 aliphatic rings. The Morgan fingerprint density at radius 3 is 2.44 bits per heavy atom. The van der Waals surface area contributed by atoms with Crippen LogP contribution < -0.4 is 5.73 Å². The Balaban J connectivity index is 1.97. The SMILES string of the molecule is COCC1CCN(C2(CN)CCCCCCC2)C1. The third kappa shape index (κ3) is 3.25. The van der Waals surface area contributed by atoms with Crippen LogP contribution in [0.2, 0.25) is 0 Å². The van der Waals surface area contributed by atoms with E-state index in [2.05, 4.69) is 4.90 Å². The normalized spacial score (nSPS) is 30.0. The molecule has 106 valence electrons. The molecular formula is C15H30N2O. The average Bonchev–Trinajstić information content (AvgIpc) is 2.79. The zero-order valence-electron chi connectivity index (χ0n) is 12.0. The molecule has 2 rings (SSSR count). The van der Waals surface area contributed by atoms with Crippen molar-refractivity contribution in [3.8, 4) is 0 Å². The van der Waals surface area contributed by atoms with Gasteiger partial charge in [-0.25, -0.2) is 0 Å². The molecule has 0 aromatic rings. The van der Waals surface area contributed by atoms with E-state index < -0.39 is 0 Å². The van der Waals surface area contributed by atoms with Crippen molar-refractivity contribution in [1.29, 1.82) is 0 Å². The van der Waals surface area contributed by atoms with Crippen molar-refractivity contribution < 1.29 is 4.74 Å². The predicted molar refractivity (Wildman–Crippen MR) is 75.7 cm³/mol. The summed E-state index contributed by atoms with van der Waals surface area (Å²) < 4.78 is 5.31. The van der Waals surface area contributed by atoms with Crippen molar-refractivity contribution >= 4 is 0 Å². The maximum absolute atomic E-state index is 6.19. The van der Waals surface area contributed by atoms with E-state index in [4.69, 9.17) is 10.5 Å². The average molecular weight is 254 g/mol. The molecule has 2 N–H and O–H groups in total. The van der Waals surface area contributed by atoms with E-state index in [1.54, 1.807) is 0 Å². The molecule has 0 amide bonds. The van der Waals surface area contributed by atoms with Gasteiger partial charge in [-0.05, 0) is 31.7 Å². The van der Waals surface area contributed by atoms with E-state index in [1.807, 2.05) is 7.11 Å². The van der Waals surface area contributed by atoms with Crippen LogP contribution in [0.15, 0.2) is 0 Å². The minimum absolute atomic E-state index is 0.308. The fourth-order valence-corrected chi connectivity index (χ4v) is 3.85. The molecule has 1 unspecified atom stereocenters. The Labute approximate surface area is 112 Å². The fourth-order valence-electron chi connectivity index (χ4n) is 3.85. The highest BCUT2D eigenvalue weighted by molar-refractivity contribution is 4.96. The molecule has 3 nitrogen and oxygen atoms in total. The van der Waals surface area contributed by atoms with Crippen molar-refractivity contribution in [2.45, 2.75) is 56.9 Å². The standard InChI is InChI=1S/C15H30N2O/c1-18-12-14-7-10-17(11-14)15(13-16)8-5-3-2-4-6-9-15/h14H,2-13,16H2,1H3. The molecule has 1 saturated heterocycles. The van der Waals surface area contributed by atoms with Gasteiger partial charge in [0.25, 0.3) is 0 Å². The highest BCUT2D eigenvalue weighted by Crippen LogP contribution is 2.34. The molecule has 18 heavy (non-hydrogen) atoms. The largest absolute Gasteiger partial charge is 0.384 e. The Bertz CT molecular complexity index is 237. The van der Waals surface area contributed by atoms with Crippen LogP contribution in [0.3, 0.4) is 0 Å². The van der Waals surface area contributed by atoms with Gasteiger partial charge in [0.2, 0.25) is 0 Å². The highest BCUT2D eigenvalue weighted by atomic mass is 16.5. The van der Waals surface area contributed by atoms with Crippen LogP contribution in [0.1, 0.15) is 51.4 Å². The third-order valence-electron chi connectivity index (χ3n) is 5.02. The summed E-state index contributed by atoms with van der Waals surface area (Å²) in [6, 6.07) is 0. The molecule has 0 spiro atoms. The van der Waals surface area contributed by atoms with Gasteiger partial charge in [0.1, 0.15) is 0 Å². The number of hydrogen-bond donors (Lipinski definition) is 1. The van der Waals surface area contributed by atoms with E-state index in [0.717, 1.165) is 19.1 Å². The number of nitrogens with zero attached hydrogens (tertiary/aromatic N) is 1. The maximum atomic E-state index is 6.19. The van der Waals surface area contributed by atoms with Crippen LogP contribution in [-0.4, -0.2) is 43.8 Å². The van der Waals surface area contributed by atoms with Gasteiger partial charge in [-0.15, -0.1) is 0 Å². The van der Waals surface area contributed by atoms with Gasteiger partial charge < -0.3 is 10.5 Å². The van der Waals surface area contributed by atoms with Crippen LogP contribution in [0.25, 0.3) is 0 Å². The van der Waals surface area contributed by atoms with Crippen molar-refractivity contribution in [3.05, 3.63) is 0 Å². The summed E-state index contributed by atoms with van der Waals surface area (Å²) in [5.41, 5.74) is 6.49. The van der Waals surface area contributed by atoms with Crippen LogP contribution in [0.5, 0.6) is 0 Å². The molecule has 0 bridgehead atoms. The molecule has 0 aromatic carbocycles. The number of ether oxygens (including phenoxy) is 1. The number of hydrogen-bond acceptors (Lipinski definition) is 3. The van der Waals surface area contributed by atoms with Crippen LogP contribution in [0, 0.1) is 5.92 Å². The van der Waals surface area contributed by atoms with E-state index in [0.29, 0.717) is 5.54 Å². The van der Waals surface area contributed by atoms with E-state index in [-0.39, 0.29) is 0 Å². The van der Waals surface area contributed by atoms with Gasteiger partial charge in [0.15, 0.2) is 0 Å². The molecule has 2 fully saturated rings. The first kappa shape index (κ1) is 14.3. The number of likely N-dealkylation sites (tertiary alicyclic amines) is 1. The second kappa shape index (κ2) is 6.88. The molecule has 3 heteroatoms. The second-order valence-corrected chi connectivity index (χ2v) is 6.25. The first-order valence-electron chi connectivity index (χ1n) is 7.75. The van der Waals surface area contributed by atoms with Gasteiger partial charge in [-0.2, -0.15) is 0 Å². The Kier molecular flexibility index (Phi) is 5.46. The highest BCUT2D eigenvalue weighted by Gasteiger charge is 2.39. The number of rotatable bonds is 4. The topological polar surface area (TPSA) is 38.5 Å². The summed E-state index contributed by atoms with van der Waals surface area (Å²) >= 11 is 0. The lowest BCUT2D eigenvalue weighted by atomic mass is 9.82. The van der Waals surface area contributed by atoms with Crippen molar-refractivity contribution in [2.24, 2.45) is 11.7 Å². The lowest BCUT2D eigenvalue weighted by Gasteiger charge is -2.43. The third-order valence-corrected chi connectivity index (χ3v) is 5.02. The molecule has 1 heterocycles. The Morgan fingerprint density at radius 2 is 1.83 bits per heavy atom. The second-order valence-electron chi connectivity index (χ2n) is 6.25. The van der Waals surface area contributed by atoms with Crippen LogP contribution in [-0.2, 0) is 4.74 Å². The Morgan fingerprint density at radius 1 is 1.17 bits per heavy atom. The molecule has 1 aliphatic heterocycles. The summed E-state index contributed by atoms with van der Waals surface area (Å²) in [6.45, 7) is 4.18. The number of methoxy groups -OCH3 is 1. The van der Waals surface area contributed by atoms with Gasteiger partial charge in [0.05, 0.1) is 6.61 Å². The van der Waals surface area contributed by atoms with E-state index >= 15 is 0 Å². The summed E-state index contributed by atoms with van der Waals surface area (Å²) in [4.78, 5) is 2.70. The van der Waals surface area contributed by atoms with Gasteiger partial charge >= 0.3 is 0 Å². The van der Waals surface area contributed by atoms with Gasteiger partial charge in [-0.1, -0.05) is 32.1 Å². The van der Waals surface area contributed by atoms with Crippen molar-refractivity contribution in [3.63, 3.8) is 0 Å². The van der Waals surface area contributed by atoms with Gasteiger partial charge in [-0.3, -0.25) is 4.90 Å². The summed E-state index contributed by atoms with van der Waals surface area (Å²) in [7, 11) is 1.82. The number of nitrogens with two attached hydrogens (primary N) is 1. The Hall–Kier alpha value is -0.120. The van der Waals surface area contributed by atoms with E-state index in [9.17, 15) is 0 Å². The smallest absolute Gasteiger partial charge is 0.0503 e. The minimum atomic E-state index is 0.308. The predicted octanol–water partition coefficient (Wildman–Crippen LogP) is 2.40. The summed E-state index contributed by atoms with van der Waals surface area (Å²) in [5, 5.41) is 0. The van der Waals surface area contributed by atoms with E-state index in [1.165, 1.54) is 64.5 Å². The lowest BCUT2D eigenvalue weighted by Crippen LogP contribution is -2.53. The van der Waals surface area contributed by atoms with Crippen LogP contribution in [0.4, 0.5) is 0 Å². The summed E-state index contributed by atoms with van der Waals surface area (Å²) in [5.74, 6) is 0.726. The molecule has 1 saturated carbocycles. The maximum Gasteiger partial charge on any atom is 0.0503 e. The molecular weight excluding hydrogens is 224 g/mol. The molecule has 0 aromatic heterocycles. The van der Waals surface area contributed by atoms with Crippen molar-refractivity contribution in [2.75, 3.05) is 33.4 Å². The first-order chi connectivity index (χ1) is 8.80. The van der Waals surface area contributed by atoms with Gasteiger partial charge in [0, 0.05) is 25.7 Å². The minimum Gasteiger partial charge on any atom is -0.384 e. The zero-order chi connectivity index (χ0) is 12.8. The van der Waals surface area contributed by atoms with Crippen molar-refractivity contribution in [1.82, 2.24) is 4.90 Å². The molecule has 1 atom stereocenters. The fraction of sp³-hybridized carbons (Fsp3) is 1.00. The molecule has 0 radical (unpaired) electrons. The monoisotopic (exact) mass is 254 g/mol.